The second-order valence-corrected chi connectivity index (χ2v) is 3.38. The highest BCUT2D eigenvalue weighted by Gasteiger charge is 2.02. The Bertz CT molecular complexity index is 423. The van der Waals surface area contributed by atoms with Gasteiger partial charge < -0.3 is 14.4 Å². The molecule has 0 fully saturated rings. The molecule has 1 unspecified atom stereocenters. The molecule has 5 nitrogen and oxygen atoms in total. The number of hydrogen-bond donors (Lipinski definition) is 1. The van der Waals surface area contributed by atoms with E-state index in [0.717, 1.165) is 5.56 Å². The first-order valence-electron chi connectivity index (χ1n) is 4.92. The van der Waals surface area contributed by atoms with E-state index in [0.29, 0.717) is 11.6 Å². The summed E-state index contributed by atoms with van der Waals surface area (Å²) in [4.78, 5) is 3.83. The number of aliphatic hydroxyl groups excluding tert-OH is 1. The second kappa shape index (κ2) is 4.76. The lowest BCUT2D eigenvalue weighted by molar-refractivity contribution is 0.199. The molecule has 1 aromatic heterocycles. The predicted octanol–water partition coefficient (Wildman–Crippen LogP) is 1.70. The summed E-state index contributed by atoms with van der Waals surface area (Å²) in [6.07, 6.45) is 0.793. The lowest BCUT2D eigenvalue weighted by atomic mass is 10.1. The van der Waals surface area contributed by atoms with Crippen molar-refractivity contribution in [2.45, 2.75) is 19.6 Å². The number of hydrogen-bond acceptors (Lipinski definition) is 5. The van der Waals surface area contributed by atoms with E-state index < -0.39 is 6.10 Å². The van der Waals surface area contributed by atoms with Gasteiger partial charge in [0.15, 0.2) is 6.61 Å². The molecule has 0 aliphatic heterocycles. The monoisotopic (exact) mass is 220 g/mol. The number of aliphatic hydroxyl groups is 1. The quantitative estimate of drug-likeness (QED) is 0.849. The highest BCUT2D eigenvalue weighted by molar-refractivity contribution is 5.28. The van der Waals surface area contributed by atoms with Crippen molar-refractivity contribution in [3.05, 3.63) is 42.0 Å². The largest absolute Gasteiger partial charge is 0.485 e. The Morgan fingerprint density at radius 3 is 2.69 bits per heavy atom. The van der Waals surface area contributed by atoms with Crippen LogP contribution in [0.2, 0.25) is 0 Å². The van der Waals surface area contributed by atoms with Crippen molar-refractivity contribution in [2.75, 3.05) is 0 Å². The van der Waals surface area contributed by atoms with Crippen molar-refractivity contribution in [1.82, 2.24) is 10.1 Å². The van der Waals surface area contributed by atoms with Crippen molar-refractivity contribution < 1.29 is 14.4 Å². The van der Waals surface area contributed by atoms with Crippen LogP contribution in [0.25, 0.3) is 0 Å². The third-order valence-electron chi connectivity index (χ3n) is 2.14. The van der Waals surface area contributed by atoms with E-state index in [2.05, 4.69) is 14.7 Å². The van der Waals surface area contributed by atoms with E-state index in [4.69, 9.17) is 4.74 Å². The molecule has 1 N–H and O–H groups in total. The van der Waals surface area contributed by atoms with Gasteiger partial charge in [-0.05, 0) is 24.6 Å². The molecule has 0 aliphatic carbocycles. The molecule has 84 valence electrons. The molecule has 5 heteroatoms. The van der Waals surface area contributed by atoms with E-state index >= 15 is 0 Å². The van der Waals surface area contributed by atoms with Crippen LogP contribution >= 0.6 is 0 Å². The zero-order chi connectivity index (χ0) is 11.4. The smallest absolute Gasteiger partial charge is 0.213 e. The first-order chi connectivity index (χ1) is 7.75. The number of nitrogens with zero attached hydrogens (tertiary/aromatic N) is 2. The van der Waals surface area contributed by atoms with Gasteiger partial charge in [-0.3, -0.25) is 0 Å². The summed E-state index contributed by atoms with van der Waals surface area (Å²) >= 11 is 0. The van der Waals surface area contributed by atoms with Crippen LogP contribution in [0.15, 0.2) is 35.2 Å². The summed E-state index contributed by atoms with van der Waals surface area (Å²) in [5, 5.41) is 12.9. The average Bonchev–Trinajstić information content (AvgIpc) is 2.80. The normalized spacial score (nSPS) is 12.4. The van der Waals surface area contributed by atoms with Crippen molar-refractivity contribution in [3.8, 4) is 5.75 Å². The van der Waals surface area contributed by atoms with Crippen molar-refractivity contribution >= 4 is 0 Å². The predicted molar refractivity (Wildman–Crippen MR) is 55.7 cm³/mol. The number of rotatable bonds is 4. The highest BCUT2D eigenvalue weighted by atomic mass is 16.5. The van der Waals surface area contributed by atoms with E-state index in [1.165, 1.54) is 6.39 Å². The minimum absolute atomic E-state index is 0.268. The Morgan fingerprint density at radius 2 is 2.12 bits per heavy atom. The van der Waals surface area contributed by atoms with Crippen LogP contribution in [-0.2, 0) is 6.61 Å². The Labute approximate surface area is 92.7 Å². The number of ether oxygens (including phenoxy) is 1. The van der Waals surface area contributed by atoms with E-state index in [1.54, 1.807) is 19.1 Å². The summed E-state index contributed by atoms with van der Waals surface area (Å²) in [5.74, 6) is 1.20. The van der Waals surface area contributed by atoms with Gasteiger partial charge in [-0.15, -0.1) is 0 Å². The van der Waals surface area contributed by atoms with Crippen LogP contribution in [0.5, 0.6) is 5.75 Å². The molecule has 0 saturated heterocycles. The fraction of sp³-hybridized carbons (Fsp3) is 0.273. The summed E-state index contributed by atoms with van der Waals surface area (Å²) in [7, 11) is 0. The maximum absolute atomic E-state index is 9.32. The maximum atomic E-state index is 9.32. The summed E-state index contributed by atoms with van der Waals surface area (Å²) in [5.41, 5.74) is 0.854. The molecule has 0 radical (unpaired) electrons. The summed E-state index contributed by atoms with van der Waals surface area (Å²) in [6.45, 7) is 1.99. The van der Waals surface area contributed by atoms with Gasteiger partial charge in [0.25, 0.3) is 0 Å². The zero-order valence-corrected chi connectivity index (χ0v) is 8.83. The topological polar surface area (TPSA) is 68.4 Å². The van der Waals surface area contributed by atoms with E-state index in [9.17, 15) is 5.11 Å². The van der Waals surface area contributed by atoms with Gasteiger partial charge >= 0.3 is 0 Å². The average molecular weight is 220 g/mol. The third-order valence-corrected chi connectivity index (χ3v) is 2.14. The lowest BCUT2D eigenvalue weighted by Crippen LogP contribution is -1.97. The van der Waals surface area contributed by atoms with Gasteiger partial charge in [-0.25, -0.2) is 0 Å². The number of aromatic nitrogens is 2. The molecule has 2 aromatic rings. The highest BCUT2D eigenvalue weighted by Crippen LogP contribution is 2.17. The second-order valence-electron chi connectivity index (χ2n) is 3.38. The molecule has 1 atom stereocenters. The summed E-state index contributed by atoms with van der Waals surface area (Å²) < 4.78 is 10.00. The van der Waals surface area contributed by atoms with Crippen LogP contribution in [0.4, 0.5) is 0 Å². The Balaban J connectivity index is 1.95. The van der Waals surface area contributed by atoms with E-state index in [1.807, 2.05) is 12.1 Å². The molecule has 2 rings (SSSR count). The minimum Gasteiger partial charge on any atom is -0.485 e. The van der Waals surface area contributed by atoms with Crippen molar-refractivity contribution in [2.24, 2.45) is 0 Å². The number of benzene rings is 1. The van der Waals surface area contributed by atoms with E-state index in [-0.39, 0.29) is 6.61 Å². The fourth-order valence-corrected chi connectivity index (χ4v) is 1.25. The molecule has 0 spiro atoms. The molecular weight excluding hydrogens is 208 g/mol. The van der Waals surface area contributed by atoms with Gasteiger partial charge in [-0.2, -0.15) is 4.98 Å². The first kappa shape index (κ1) is 10.6. The fourth-order valence-electron chi connectivity index (χ4n) is 1.25. The maximum Gasteiger partial charge on any atom is 0.213 e. The van der Waals surface area contributed by atoms with Gasteiger partial charge in [0, 0.05) is 0 Å². The molecule has 0 saturated carbocycles. The molecular formula is C11H12N2O3. The van der Waals surface area contributed by atoms with Crippen LogP contribution in [0.3, 0.4) is 0 Å². The van der Waals surface area contributed by atoms with Crippen LogP contribution in [-0.4, -0.2) is 15.2 Å². The van der Waals surface area contributed by atoms with Crippen LogP contribution in [0.1, 0.15) is 24.4 Å². The van der Waals surface area contributed by atoms with Crippen LogP contribution < -0.4 is 4.74 Å². The third kappa shape index (κ3) is 2.58. The molecule has 1 aromatic carbocycles. The Hall–Kier alpha value is -1.88. The summed E-state index contributed by atoms with van der Waals surface area (Å²) in [6, 6.07) is 7.22. The van der Waals surface area contributed by atoms with Gasteiger partial charge in [0.05, 0.1) is 6.10 Å². The van der Waals surface area contributed by atoms with Gasteiger partial charge in [-0.1, -0.05) is 17.3 Å². The molecule has 0 bridgehead atoms. The zero-order valence-electron chi connectivity index (χ0n) is 8.83. The minimum atomic E-state index is -0.466. The SMILES string of the molecule is CC(O)c1ccc(OCc2ncon2)cc1. The van der Waals surface area contributed by atoms with Gasteiger partial charge in [0.1, 0.15) is 5.75 Å². The standard InChI is InChI=1S/C11H12N2O3/c1-8(14)9-2-4-10(5-3-9)15-6-11-12-7-16-13-11/h2-5,7-8,14H,6H2,1H3. The molecule has 16 heavy (non-hydrogen) atoms. The van der Waals surface area contributed by atoms with Gasteiger partial charge in [0.2, 0.25) is 12.2 Å². The Morgan fingerprint density at radius 1 is 1.38 bits per heavy atom. The molecule has 0 amide bonds. The molecule has 0 aliphatic rings. The van der Waals surface area contributed by atoms with Crippen molar-refractivity contribution in [3.63, 3.8) is 0 Å². The first-order valence-corrected chi connectivity index (χ1v) is 4.92. The van der Waals surface area contributed by atoms with Crippen molar-refractivity contribution in [1.29, 1.82) is 0 Å². The lowest BCUT2D eigenvalue weighted by Gasteiger charge is -2.06. The molecule has 1 heterocycles. The Kier molecular flexibility index (Phi) is 3.16. The van der Waals surface area contributed by atoms with Crippen LogP contribution in [0, 0.1) is 0 Å².